The number of ether oxygens (including phenoxy) is 4. The van der Waals surface area contributed by atoms with Crippen molar-refractivity contribution < 1.29 is 18.9 Å². The first kappa shape index (κ1) is 10.4. The molecule has 2 rings (SSSR count). The largest absolute Gasteiger partial charge is 0.376 e. The van der Waals surface area contributed by atoms with Crippen LogP contribution in [0.1, 0.15) is 13.8 Å². The summed E-state index contributed by atoms with van der Waals surface area (Å²) in [7, 11) is 0. The quantitative estimate of drug-likeness (QED) is 0.567. The van der Waals surface area contributed by atoms with E-state index in [2.05, 4.69) is 0 Å². The normalized spacial score (nSPS) is 30.4. The average Bonchev–Trinajstić information content (AvgIpc) is 2.97. The molecule has 0 bridgehead atoms. The Morgan fingerprint density at radius 3 is 2.29 bits per heavy atom. The molecule has 4 nitrogen and oxygen atoms in total. The third-order valence-corrected chi connectivity index (χ3v) is 2.22. The van der Waals surface area contributed by atoms with Crippen LogP contribution >= 0.6 is 0 Å². The van der Waals surface area contributed by atoms with Gasteiger partial charge in [0.05, 0.1) is 38.6 Å². The summed E-state index contributed by atoms with van der Waals surface area (Å²) in [5.74, 6) is 0. The van der Waals surface area contributed by atoms with Gasteiger partial charge in [0.2, 0.25) is 0 Å². The molecule has 14 heavy (non-hydrogen) atoms. The van der Waals surface area contributed by atoms with Crippen LogP contribution in [-0.4, -0.2) is 50.8 Å². The maximum Gasteiger partial charge on any atom is 0.104 e. The molecule has 0 saturated carbocycles. The second kappa shape index (κ2) is 4.14. The maximum atomic E-state index is 5.66. The van der Waals surface area contributed by atoms with Crippen molar-refractivity contribution in [2.24, 2.45) is 0 Å². The fraction of sp³-hybridized carbons (Fsp3) is 1.00. The highest BCUT2D eigenvalue weighted by atomic mass is 16.6. The van der Waals surface area contributed by atoms with E-state index in [4.69, 9.17) is 18.9 Å². The standard InChI is InChI=1S/C10H18O4/c1-10(2,14-6-9-5-13-9)7-11-3-8-4-12-8/h8-9H,3-7H2,1-2H3. The summed E-state index contributed by atoms with van der Waals surface area (Å²) in [5, 5.41) is 0. The van der Waals surface area contributed by atoms with Crippen molar-refractivity contribution in [3.8, 4) is 0 Å². The van der Waals surface area contributed by atoms with E-state index in [1.54, 1.807) is 0 Å². The lowest BCUT2D eigenvalue weighted by Gasteiger charge is -2.24. The van der Waals surface area contributed by atoms with E-state index in [1.807, 2.05) is 13.8 Å². The zero-order valence-corrected chi connectivity index (χ0v) is 8.82. The minimum Gasteiger partial charge on any atom is -0.376 e. The Morgan fingerprint density at radius 1 is 1.14 bits per heavy atom. The van der Waals surface area contributed by atoms with Gasteiger partial charge in [0.15, 0.2) is 0 Å². The van der Waals surface area contributed by atoms with E-state index in [0.717, 1.165) is 13.2 Å². The van der Waals surface area contributed by atoms with E-state index >= 15 is 0 Å². The third-order valence-electron chi connectivity index (χ3n) is 2.22. The topological polar surface area (TPSA) is 43.5 Å². The molecule has 4 heteroatoms. The van der Waals surface area contributed by atoms with E-state index in [-0.39, 0.29) is 5.60 Å². The van der Waals surface area contributed by atoms with Crippen molar-refractivity contribution in [1.29, 1.82) is 0 Å². The lowest BCUT2D eigenvalue weighted by atomic mass is 10.1. The highest BCUT2D eigenvalue weighted by molar-refractivity contribution is 4.74. The first-order chi connectivity index (χ1) is 6.66. The second-order valence-electron chi connectivity index (χ2n) is 4.50. The summed E-state index contributed by atoms with van der Waals surface area (Å²) >= 11 is 0. The summed E-state index contributed by atoms with van der Waals surface area (Å²) < 4.78 is 21.3. The highest BCUT2D eigenvalue weighted by Crippen LogP contribution is 2.17. The number of rotatable bonds is 7. The van der Waals surface area contributed by atoms with Crippen molar-refractivity contribution in [2.75, 3.05) is 33.0 Å². The Hall–Kier alpha value is -0.160. The molecule has 2 heterocycles. The Balaban J connectivity index is 1.54. The summed E-state index contributed by atoms with van der Waals surface area (Å²) in [6, 6.07) is 0. The Labute approximate surface area is 84.5 Å². The molecule has 0 aromatic rings. The molecular weight excluding hydrogens is 184 g/mol. The van der Waals surface area contributed by atoms with Crippen LogP contribution in [0.2, 0.25) is 0 Å². The van der Waals surface area contributed by atoms with Gasteiger partial charge in [-0.15, -0.1) is 0 Å². The lowest BCUT2D eigenvalue weighted by Crippen LogP contribution is -2.32. The molecule has 2 saturated heterocycles. The van der Waals surface area contributed by atoms with E-state index in [1.165, 1.54) is 0 Å². The Morgan fingerprint density at radius 2 is 1.71 bits per heavy atom. The first-order valence-corrected chi connectivity index (χ1v) is 5.11. The van der Waals surface area contributed by atoms with Crippen molar-refractivity contribution >= 4 is 0 Å². The summed E-state index contributed by atoms with van der Waals surface area (Å²) in [5.41, 5.74) is -0.221. The molecule has 0 amide bonds. The molecule has 0 aromatic carbocycles. The van der Waals surface area contributed by atoms with Gasteiger partial charge in [-0.1, -0.05) is 0 Å². The molecule has 2 aliphatic rings. The molecule has 2 fully saturated rings. The number of epoxide rings is 2. The Kier molecular flexibility index (Phi) is 3.07. The predicted octanol–water partition coefficient (Wildman–Crippen LogP) is 0.596. The molecule has 0 aliphatic carbocycles. The Bertz CT molecular complexity index is 185. The fourth-order valence-electron chi connectivity index (χ4n) is 1.12. The number of hydrogen-bond donors (Lipinski definition) is 0. The van der Waals surface area contributed by atoms with Crippen molar-refractivity contribution in [3.63, 3.8) is 0 Å². The monoisotopic (exact) mass is 202 g/mol. The maximum absolute atomic E-state index is 5.66. The fourth-order valence-corrected chi connectivity index (χ4v) is 1.12. The third kappa shape index (κ3) is 3.92. The van der Waals surface area contributed by atoms with E-state index in [9.17, 15) is 0 Å². The molecule has 0 N–H and O–H groups in total. The van der Waals surface area contributed by atoms with E-state index in [0.29, 0.717) is 32.0 Å². The van der Waals surface area contributed by atoms with Gasteiger partial charge >= 0.3 is 0 Å². The van der Waals surface area contributed by atoms with Crippen molar-refractivity contribution in [2.45, 2.75) is 31.7 Å². The van der Waals surface area contributed by atoms with Gasteiger partial charge in [-0.25, -0.2) is 0 Å². The van der Waals surface area contributed by atoms with Crippen molar-refractivity contribution in [3.05, 3.63) is 0 Å². The van der Waals surface area contributed by atoms with Crippen LogP contribution in [0.25, 0.3) is 0 Å². The van der Waals surface area contributed by atoms with Gasteiger partial charge in [0.25, 0.3) is 0 Å². The van der Waals surface area contributed by atoms with Gasteiger partial charge in [-0.2, -0.15) is 0 Å². The van der Waals surface area contributed by atoms with E-state index < -0.39 is 0 Å². The van der Waals surface area contributed by atoms with Crippen LogP contribution in [0, 0.1) is 0 Å². The van der Waals surface area contributed by atoms with Crippen LogP contribution in [0.5, 0.6) is 0 Å². The van der Waals surface area contributed by atoms with Gasteiger partial charge < -0.3 is 18.9 Å². The van der Waals surface area contributed by atoms with Crippen LogP contribution in [0.15, 0.2) is 0 Å². The van der Waals surface area contributed by atoms with Gasteiger partial charge in [-0.3, -0.25) is 0 Å². The lowest BCUT2D eigenvalue weighted by molar-refractivity contribution is -0.0803. The van der Waals surface area contributed by atoms with Gasteiger partial charge in [0, 0.05) is 0 Å². The molecular formula is C10H18O4. The SMILES string of the molecule is CC(C)(COCC1CO1)OCC1CO1. The molecule has 2 unspecified atom stereocenters. The van der Waals surface area contributed by atoms with Gasteiger partial charge in [0.1, 0.15) is 12.2 Å². The highest BCUT2D eigenvalue weighted by Gasteiger charge is 2.28. The molecule has 2 atom stereocenters. The number of hydrogen-bond acceptors (Lipinski definition) is 4. The second-order valence-corrected chi connectivity index (χ2v) is 4.50. The van der Waals surface area contributed by atoms with Gasteiger partial charge in [-0.05, 0) is 13.8 Å². The van der Waals surface area contributed by atoms with Crippen LogP contribution in [-0.2, 0) is 18.9 Å². The average molecular weight is 202 g/mol. The molecule has 2 aliphatic heterocycles. The van der Waals surface area contributed by atoms with Crippen molar-refractivity contribution in [1.82, 2.24) is 0 Å². The minimum absolute atomic E-state index is 0.221. The zero-order chi connectivity index (χ0) is 10.0. The molecule has 0 radical (unpaired) electrons. The summed E-state index contributed by atoms with van der Waals surface area (Å²) in [4.78, 5) is 0. The molecule has 0 spiro atoms. The summed E-state index contributed by atoms with van der Waals surface area (Å²) in [6.07, 6.45) is 0.651. The summed E-state index contributed by atoms with van der Waals surface area (Å²) in [6.45, 7) is 7.72. The van der Waals surface area contributed by atoms with Crippen LogP contribution < -0.4 is 0 Å². The minimum atomic E-state index is -0.221. The smallest absolute Gasteiger partial charge is 0.104 e. The predicted molar refractivity (Wildman–Crippen MR) is 50.3 cm³/mol. The molecule has 0 aromatic heterocycles. The zero-order valence-electron chi connectivity index (χ0n) is 8.82. The van der Waals surface area contributed by atoms with Crippen LogP contribution in [0.4, 0.5) is 0 Å². The first-order valence-electron chi connectivity index (χ1n) is 5.11. The molecule has 82 valence electrons. The van der Waals surface area contributed by atoms with Crippen LogP contribution in [0.3, 0.4) is 0 Å².